The van der Waals surface area contributed by atoms with E-state index in [1.807, 2.05) is 54.6 Å². The van der Waals surface area contributed by atoms with Gasteiger partial charge in [-0.1, -0.05) is 58.4 Å². The Morgan fingerprint density at radius 1 is 0.846 bits per heavy atom. The molecular weight excluding hydrogens is 392 g/mol. The number of hydrogen-bond acceptors (Lipinski definition) is 3. The van der Waals surface area contributed by atoms with Gasteiger partial charge in [-0.05, 0) is 36.4 Å². The number of rotatable bonds is 5. The standard InChI is InChI=1S/C21H17BrN2O2/c1-26-19-13-9-17(10-14-19)21(25)24-23-20(15-5-3-2-4-6-15)16-7-11-18(22)12-8-16/h2-14H,1H3,(H,24,25). The Morgan fingerprint density at radius 3 is 2.04 bits per heavy atom. The van der Waals surface area contributed by atoms with Crippen LogP contribution < -0.4 is 10.2 Å². The number of halogens is 1. The lowest BCUT2D eigenvalue weighted by molar-refractivity contribution is 0.0955. The maximum Gasteiger partial charge on any atom is 0.271 e. The third-order valence-corrected chi connectivity index (χ3v) is 4.32. The number of benzene rings is 3. The van der Waals surface area contributed by atoms with Crippen molar-refractivity contribution in [3.63, 3.8) is 0 Å². The lowest BCUT2D eigenvalue weighted by Gasteiger charge is -2.08. The third-order valence-electron chi connectivity index (χ3n) is 3.79. The van der Waals surface area contributed by atoms with Crippen LogP contribution in [0.15, 0.2) is 88.4 Å². The van der Waals surface area contributed by atoms with Gasteiger partial charge in [-0.25, -0.2) is 5.43 Å². The van der Waals surface area contributed by atoms with E-state index in [2.05, 4.69) is 26.5 Å². The molecule has 0 heterocycles. The van der Waals surface area contributed by atoms with E-state index < -0.39 is 0 Å². The highest BCUT2D eigenvalue weighted by molar-refractivity contribution is 9.10. The Morgan fingerprint density at radius 2 is 1.42 bits per heavy atom. The van der Waals surface area contributed by atoms with Crippen molar-refractivity contribution >= 4 is 27.5 Å². The molecule has 1 amide bonds. The Kier molecular flexibility index (Phi) is 5.81. The minimum atomic E-state index is -0.279. The Bertz CT molecular complexity index is 905. The Hall–Kier alpha value is -2.92. The maximum absolute atomic E-state index is 12.4. The van der Waals surface area contributed by atoms with Crippen LogP contribution >= 0.6 is 15.9 Å². The quantitative estimate of drug-likeness (QED) is 0.493. The predicted octanol–water partition coefficient (Wildman–Crippen LogP) is 4.64. The summed E-state index contributed by atoms with van der Waals surface area (Å²) in [6, 6.07) is 24.4. The molecule has 0 aliphatic rings. The average molecular weight is 409 g/mol. The van der Waals surface area contributed by atoms with Crippen LogP contribution in [-0.4, -0.2) is 18.7 Å². The molecule has 0 fully saturated rings. The fourth-order valence-electron chi connectivity index (χ4n) is 2.41. The molecule has 0 aliphatic carbocycles. The third kappa shape index (κ3) is 4.37. The van der Waals surface area contributed by atoms with Crippen LogP contribution in [0.2, 0.25) is 0 Å². The van der Waals surface area contributed by atoms with Gasteiger partial charge in [0.15, 0.2) is 0 Å². The maximum atomic E-state index is 12.4. The van der Waals surface area contributed by atoms with Crippen molar-refractivity contribution in [2.75, 3.05) is 7.11 Å². The highest BCUT2D eigenvalue weighted by atomic mass is 79.9. The molecule has 0 unspecified atom stereocenters. The summed E-state index contributed by atoms with van der Waals surface area (Å²) in [6.07, 6.45) is 0. The summed E-state index contributed by atoms with van der Waals surface area (Å²) in [5.41, 5.74) is 5.68. The molecule has 3 rings (SSSR count). The van der Waals surface area contributed by atoms with Crippen LogP contribution in [-0.2, 0) is 0 Å². The number of carbonyl (C=O) groups excluding carboxylic acids is 1. The van der Waals surface area contributed by atoms with E-state index >= 15 is 0 Å². The first-order valence-electron chi connectivity index (χ1n) is 8.01. The molecule has 0 atom stereocenters. The Labute approximate surface area is 160 Å². The summed E-state index contributed by atoms with van der Waals surface area (Å²) in [4.78, 5) is 12.4. The number of hydrazone groups is 1. The second kappa shape index (κ2) is 8.45. The molecular formula is C21H17BrN2O2. The van der Waals surface area contributed by atoms with Crippen molar-refractivity contribution < 1.29 is 9.53 Å². The van der Waals surface area contributed by atoms with Crippen molar-refractivity contribution in [3.05, 3.63) is 100 Å². The molecule has 0 radical (unpaired) electrons. The van der Waals surface area contributed by atoms with Gasteiger partial charge in [-0.2, -0.15) is 5.10 Å². The van der Waals surface area contributed by atoms with E-state index in [1.165, 1.54) is 0 Å². The molecule has 4 nitrogen and oxygen atoms in total. The van der Waals surface area contributed by atoms with Crippen molar-refractivity contribution in [3.8, 4) is 5.75 Å². The summed E-state index contributed by atoms with van der Waals surface area (Å²) < 4.78 is 6.09. The second-order valence-corrected chi connectivity index (χ2v) is 6.42. The van der Waals surface area contributed by atoms with Gasteiger partial charge in [-0.3, -0.25) is 4.79 Å². The normalized spacial score (nSPS) is 11.1. The van der Waals surface area contributed by atoms with Crippen molar-refractivity contribution in [1.82, 2.24) is 5.43 Å². The van der Waals surface area contributed by atoms with Gasteiger partial charge in [0.05, 0.1) is 12.8 Å². The first kappa shape index (κ1) is 17.9. The first-order valence-corrected chi connectivity index (χ1v) is 8.80. The van der Waals surface area contributed by atoms with Crippen molar-refractivity contribution in [2.45, 2.75) is 0 Å². The van der Waals surface area contributed by atoms with E-state index in [9.17, 15) is 4.79 Å². The fourth-order valence-corrected chi connectivity index (χ4v) is 2.68. The number of nitrogens with zero attached hydrogens (tertiary/aromatic N) is 1. The number of methoxy groups -OCH3 is 1. The summed E-state index contributed by atoms with van der Waals surface area (Å²) in [7, 11) is 1.59. The topological polar surface area (TPSA) is 50.7 Å². The summed E-state index contributed by atoms with van der Waals surface area (Å²) >= 11 is 3.44. The zero-order valence-electron chi connectivity index (χ0n) is 14.1. The van der Waals surface area contributed by atoms with E-state index in [-0.39, 0.29) is 5.91 Å². The van der Waals surface area contributed by atoms with Gasteiger partial charge in [0.25, 0.3) is 5.91 Å². The predicted molar refractivity (Wildman–Crippen MR) is 107 cm³/mol. The van der Waals surface area contributed by atoms with Gasteiger partial charge in [-0.15, -0.1) is 0 Å². The lowest BCUT2D eigenvalue weighted by atomic mass is 10.0. The van der Waals surface area contributed by atoms with E-state index in [1.54, 1.807) is 31.4 Å². The number of amides is 1. The number of hydrogen-bond donors (Lipinski definition) is 1. The number of nitrogens with one attached hydrogen (secondary N) is 1. The molecule has 5 heteroatoms. The zero-order chi connectivity index (χ0) is 18.4. The molecule has 0 saturated heterocycles. The lowest BCUT2D eigenvalue weighted by Crippen LogP contribution is -2.20. The molecule has 0 aliphatic heterocycles. The molecule has 3 aromatic rings. The first-order chi connectivity index (χ1) is 12.7. The van der Waals surface area contributed by atoms with Crippen LogP contribution in [0, 0.1) is 0 Å². The van der Waals surface area contributed by atoms with E-state index in [0.717, 1.165) is 15.6 Å². The molecule has 0 saturated carbocycles. The summed E-state index contributed by atoms with van der Waals surface area (Å²) in [6.45, 7) is 0. The minimum absolute atomic E-state index is 0.279. The van der Waals surface area contributed by atoms with Gasteiger partial charge in [0, 0.05) is 21.2 Å². The zero-order valence-corrected chi connectivity index (χ0v) is 15.7. The van der Waals surface area contributed by atoms with Crippen LogP contribution in [0.3, 0.4) is 0 Å². The van der Waals surface area contributed by atoms with Crippen molar-refractivity contribution in [1.29, 1.82) is 0 Å². The molecule has 130 valence electrons. The van der Waals surface area contributed by atoms with Crippen LogP contribution in [0.4, 0.5) is 0 Å². The monoisotopic (exact) mass is 408 g/mol. The van der Waals surface area contributed by atoms with Gasteiger partial charge in [0.1, 0.15) is 5.75 Å². The second-order valence-electron chi connectivity index (χ2n) is 5.50. The summed E-state index contributed by atoms with van der Waals surface area (Å²) in [5, 5.41) is 4.38. The molecule has 1 N–H and O–H groups in total. The molecule has 3 aromatic carbocycles. The Balaban J connectivity index is 1.88. The van der Waals surface area contributed by atoms with Crippen LogP contribution in [0.5, 0.6) is 5.75 Å². The van der Waals surface area contributed by atoms with Crippen LogP contribution in [0.1, 0.15) is 21.5 Å². The average Bonchev–Trinajstić information content (AvgIpc) is 2.70. The van der Waals surface area contributed by atoms with Crippen molar-refractivity contribution in [2.24, 2.45) is 5.10 Å². The fraction of sp³-hybridized carbons (Fsp3) is 0.0476. The van der Waals surface area contributed by atoms with Crippen LogP contribution in [0.25, 0.3) is 0 Å². The molecule has 0 spiro atoms. The SMILES string of the molecule is COc1ccc(C(=O)NN=C(c2ccccc2)c2ccc(Br)cc2)cc1. The molecule has 26 heavy (non-hydrogen) atoms. The minimum Gasteiger partial charge on any atom is -0.497 e. The van der Waals surface area contributed by atoms with E-state index in [0.29, 0.717) is 17.0 Å². The van der Waals surface area contributed by atoms with E-state index in [4.69, 9.17) is 4.74 Å². The smallest absolute Gasteiger partial charge is 0.271 e. The molecule has 0 bridgehead atoms. The highest BCUT2D eigenvalue weighted by Gasteiger charge is 2.09. The van der Waals surface area contributed by atoms with Gasteiger partial charge in [0.2, 0.25) is 0 Å². The highest BCUT2D eigenvalue weighted by Crippen LogP contribution is 2.15. The summed E-state index contributed by atoms with van der Waals surface area (Å²) in [5.74, 6) is 0.420. The largest absolute Gasteiger partial charge is 0.497 e. The number of ether oxygens (including phenoxy) is 1. The number of carbonyl (C=O) groups is 1. The van der Waals surface area contributed by atoms with Gasteiger partial charge < -0.3 is 4.74 Å². The molecule has 0 aromatic heterocycles. The van der Waals surface area contributed by atoms with Gasteiger partial charge >= 0.3 is 0 Å².